The van der Waals surface area contributed by atoms with E-state index in [1.165, 1.54) is 28.2 Å². The number of nitrogens with zero attached hydrogens (tertiary/aromatic N) is 1. The maximum Gasteiger partial charge on any atom is 0.255 e. The summed E-state index contributed by atoms with van der Waals surface area (Å²) in [6.45, 7) is 1.40. The number of carbonyl (C=O) groups excluding carboxylic acids is 1. The molecule has 0 unspecified atom stereocenters. The first kappa shape index (κ1) is 18.9. The normalized spacial score (nSPS) is 15.6. The first-order chi connectivity index (χ1) is 12.5. The minimum Gasteiger partial charge on any atom is -0.379 e. The second kappa shape index (κ2) is 8.22. The molecular formula is C18H20N2O4S2. The second-order valence-electron chi connectivity index (χ2n) is 5.70. The predicted octanol–water partition coefficient (Wildman–Crippen LogP) is 2.68. The van der Waals surface area contributed by atoms with E-state index in [2.05, 4.69) is 5.32 Å². The Morgan fingerprint density at radius 3 is 2.58 bits per heavy atom. The lowest BCUT2D eigenvalue weighted by Gasteiger charge is -2.26. The summed E-state index contributed by atoms with van der Waals surface area (Å²) >= 11 is 1.53. The molecule has 0 spiro atoms. The molecule has 138 valence electrons. The number of para-hydroxylation sites is 1. The minimum atomic E-state index is -3.63. The van der Waals surface area contributed by atoms with Gasteiger partial charge in [0.05, 0.1) is 23.8 Å². The topological polar surface area (TPSA) is 75.7 Å². The van der Waals surface area contributed by atoms with Gasteiger partial charge in [0.2, 0.25) is 10.0 Å². The van der Waals surface area contributed by atoms with Crippen LogP contribution in [-0.4, -0.2) is 51.2 Å². The molecule has 3 rings (SSSR count). The Bertz CT molecular complexity index is 894. The van der Waals surface area contributed by atoms with Crippen molar-refractivity contribution < 1.29 is 17.9 Å². The number of carbonyl (C=O) groups is 1. The molecule has 0 aromatic heterocycles. The summed E-state index contributed by atoms with van der Waals surface area (Å²) in [5.41, 5.74) is 1.00. The van der Waals surface area contributed by atoms with Crippen molar-refractivity contribution in [2.24, 2.45) is 0 Å². The zero-order valence-electron chi connectivity index (χ0n) is 14.3. The van der Waals surface area contributed by atoms with Crippen molar-refractivity contribution in [3.05, 3.63) is 54.1 Å². The summed E-state index contributed by atoms with van der Waals surface area (Å²) in [5, 5.41) is 2.85. The highest BCUT2D eigenvalue weighted by molar-refractivity contribution is 7.98. The van der Waals surface area contributed by atoms with E-state index in [9.17, 15) is 13.2 Å². The standard InChI is InChI=1S/C18H20N2O4S2/c1-25-17-8-3-2-7-16(17)19-18(21)14-5-4-6-15(13-14)26(22,23)20-9-11-24-12-10-20/h2-8,13H,9-12H2,1H3,(H,19,21). The number of anilines is 1. The van der Waals surface area contributed by atoms with Crippen LogP contribution in [0.1, 0.15) is 10.4 Å². The summed E-state index contributed by atoms with van der Waals surface area (Å²) in [7, 11) is -3.63. The molecule has 0 bridgehead atoms. The molecule has 8 heteroatoms. The third-order valence-electron chi connectivity index (χ3n) is 4.06. The number of hydrogen-bond acceptors (Lipinski definition) is 5. The quantitative estimate of drug-likeness (QED) is 0.792. The predicted molar refractivity (Wildman–Crippen MR) is 102 cm³/mol. The van der Waals surface area contributed by atoms with Gasteiger partial charge >= 0.3 is 0 Å². The van der Waals surface area contributed by atoms with Crippen molar-refractivity contribution in [2.45, 2.75) is 9.79 Å². The van der Waals surface area contributed by atoms with Gasteiger partial charge in [-0.1, -0.05) is 18.2 Å². The smallest absolute Gasteiger partial charge is 0.255 e. The molecule has 6 nitrogen and oxygen atoms in total. The Labute approximate surface area is 157 Å². The first-order valence-corrected chi connectivity index (χ1v) is 10.8. The molecule has 0 saturated carbocycles. The number of benzene rings is 2. The van der Waals surface area contributed by atoms with Crippen LogP contribution in [-0.2, 0) is 14.8 Å². The van der Waals surface area contributed by atoms with E-state index >= 15 is 0 Å². The lowest BCUT2D eigenvalue weighted by atomic mass is 10.2. The number of hydrogen-bond donors (Lipinski definition) is 1. The highest BCUT2D eigenvalue weighted by atomic mass is 32.2. The lowest BCUT2D eigenvalue weighted by molar-refractivity contribution is 0.0730. The average molecular weight is 393 g/mol. The summed E-state index contributed by atoms with van der Waals surface area (Å²) in [5.74, 6) is -0.342. The van der Waals surface area contributed by atoms with Crippen molar-refractivity contribution in [3.8, 4) is 0 Å². The Morgan fingerprint density at radius 2 is 1.85 bits per heavy atom. The zero-order valence-corrected chi connectivity index (χ0v) is 16.0. The van der Waals surface area contributed by atoms with Crippen molar-refractivity contribution >= 4 is 33.4 Å². The van der Waals surface area contributed by atoms with Gasteiger partial charge in [-0.3, -0.25) is 4.79 Å². The van der Waals surface area contributed by atoms with E-state index < -0.39 is 10.0 Å². The fraction of sp³-hybridized carbons (Fsp3) is 0.278. The van der Waals surface area contributed by atoms with Crippen LogP contribution in [0.25, 0.3) is 0 Å². The van der Waals surface area contributed by atoms with Gasteiger partial charge < -0.3 is 10.1 Å². The molecule has 2 aromatic rings. The van der Waals surface area contributed by atoms with Crippen LogP contribution in [0.15, 0.2) is 58.3 Å². The lowest BCUT2D eigenvalue weighted by Crippen LogP contribution is -2.40. The number of sulfonamides is 1. The third kappa shape index (κ3) is 4.09. The molecule has 26 heavy (non-hydrogen) atoms. The maximum absolute atomic E-state index is 12.8. The van der Waals surface area contributed by atoms with Crippen molar-refractivity contribution in [3.63, 3.8) is 0 Å². The highest BCUT2D eigenvalue weighted by Gasteiger charge is 2.26. The average Bonchev–Trinajstić information content (AvgIpc) is 2.69. The Hall–Kier alpha value is -1.87. The second-order valence-corrected chi connectivity index (χ2v) is 8.48. The number of thioether (sulfide) groups is 1. The van der Waals surface area contributed by atoms with Gasteiger partial charge in [-0.05, 0) is 36.6 Å². The minimum absolute atomic E-state index is 0.116. The van der Waals surface area contributed by atoms with Crippen LogP contribution in [0.5, 0.6) is 0 Å². The Balaban J connectivity index is 1.83. The van der Waals surface area contributed by atoms with Crippen LogP contribution in [0.2, 0.25) is 0 Å². The van der Waals surface area contributed by atoms with Crippen LogP contribution in [0.4, 0.5) is 5.69 Å². The van der Waals surface area contributed by atoms with Crippen LogP contribution >= 0.6 is 11.8 Å². The van der Waals surface area contributed by atoms with E-state index in [1.807, 2.05) is 30.5 Å². The number of nitrogens with one attached hydrogen (secondary N) is 1. The van der Waals surface area contributed by atoms with Gasteiger partial charge in [0.1, 0.15) is 0 Å². The Morgan fingerprint density at radius 1 is 1.12 bits per heavy atom. The van der Waals surface area contributed by atoms with Gasteiger partial charge in [-0.15, -0.1) is 11.8 Å². The molecule has 0 radical (unpaired) electrons. The highest BCUT2D eigenvalue weighted by Crippen LogP contribution is 2.25. The fourth-order valence-corrected chi connectivity index (χ4v) is 4.68. The van der Waals surface area contributed by atoms with Gasteiger partial charge in [0.15, 0.2) is 0 Å². The van der Waals surface area contributed by atoms with Crippen LogP contribution in [0, 0.1) is 0 Å². The summed E-state index contributed by atoms with van der Waals surface area (Å²) < 4.78 is 32.1. The number of morpholine rings is 1. The molecule has 0 atom stereocenters. The molecule has 1 fully saturated rings. The first-order valence-electron chi connectivity index (χ1n) is 8.15. The molecule has 1 aliphatic heterocycles. The van der Waals surface area contributed by atoms with Crippen molar-refractivity contribution in [1.29, 1.82) is 0 Å². The van der Waals surface area contributed by atoms with E-state index in [1.54, 1.807) is 12.1 Å². The van der Waals surface area contributed by atoms with Gasteiger partial charge in [0.25, 0.3) is 5.91 Å². The molecule has 2 aromatic carbocycles. The fourth-order valence-electron chi connectivity index (χ4n) is 2.68. The van der Waals surface area contributed by atoms with Crippen molar-refractivity contribution in [1.82, 2.24) is 4.31 Å². The third-order valence-corrected chi connectivity index (χ3v) is 6.75. The van der Waals surface area contributed by atoms with E-state index in [-0.39, 0.29) is 10.8 Å². The van der Waals surface area contributed by atoms with E-state index in [0.29, 0.717) is 37.6 Å². The van der Waals surface area contributed by atoms with Gasteiger partial charge in [0, 0.05) is 23.5 Å². The van der Waals surface area contributed by atoms with Crippen LogP contribution < -0.4 is 5.32 Å². The van der Waals surface area contributed by atoms with E-state index in [0.717, 1.165) is 4.90 Å². The van der Waals surface area contributed by atoms with Gasteiger partial charge in [-0.2, -0.15) is 4.31 Å². The van der Waals surface area contributed by atoms with Gasteiger partial charge in [-0.25, -0.2) is 8.42 Å². The van der Waals surface area contributed by atoms with E-state index in [4.69, 9.17) is 4.74 Å². The number of rotatable bonds is 5. The summed E-state index contributed by atoms with van der Waals surface area (Å²) in [4.78, 5) is 13.6. The van der Waals surface area contributed by atoms with Crippen molar-refractivity contribution in [2.75, 3.05) is 37.9 Å². The monoisotopic (exact) mass is 392 g/mol. The molecule has 0 aliphatic carbocycles. The molecular weight excluding hydrogens is 372 g/mol. The molecule has 1 heterocycles. The summed E-state index contributed by atoms with van der Waals surface area (Å²) in [6.07, 6.45) is 1.93. The van der Waals surface area contributed by atoms with Crippen LogP contribution in [0.3, 0.4) is 0 Å². The molecule has 1 saturated heterocycles. The maximum atomic E-state index is 12.8. The number of ether oxygens (including phenoxy) is 1. The molecule has 1 amide bonds. The SMILES string of the molecule is CSc1ccccc1NC(=O)c1cccc(S(=O)(=O)N2CCOCC2)c1. The zero-order chi connectivity index (χ0) is 18.6. The largest absolute Gasteiger partial charge is 0.379 e. The Kier molecular flexibility index (Phi) is 5.98. The summed E-state index contributed by atoms with van der Waals surface area (Å²) in [6, 6.07) is 13.6. The number of amides is 1. The molecule has 1 aliphatic rings. The molecule has 1 N–H and O–H groups in total.